The molecular formula is C22H21N3O6. The lowest BCUT2D eigenvalue weighted by Crippen LogP contribution is -2.38. The number of anilines is 1. The molecule has 0 aromatic heterocycles. The largest absolute Gasteiger partial charge is 0.464 e. The molecule has 0 unspecified atom stereocenters. The number of hydrogen-bond donors (Lipinski definition) is 0. The number of fused-ring (bicyclic) bond motifs is 1. The van der Waals surface area contributed by atoms with Gasteiger partial charge in [-0.3, -0.25) is 29.4 Å². The molecule has 160 valence electrons. The third kappa shape index (κ3) is 3.98. The van der Waals surface area contributed by atoms with Gasteiger partial charge < -0.3 is 9.64 Å². The second-order valence-electron chi connectivity index (χ2n) is 7.48. The van der Waals surface area contributed by atoms with E-state index in [1.54, 1.807) is 42.5 Å². The number of piperidine rings is 1. The maximum absolute atomic E-state index is 12.4. The average Bonchev–Trinajstić information content (AvgIpc) is 3.04. The van der Waals surface area contributed by atoms with E-state index < -0.39 is 4.92 Å². The molecule has 2 amide bonds. The van der Waals surface area contributed by atoms with Crippen LogP contribution in [0.1, 0.15) is 33.6 Å². The van der Waals surface area contributed by atoms with E-state index in [1.807, 2.05) is 4.90 Å². The zero-order chi connectivity index (χ0) is 22.0. The number of benzene rings is 2. The summed E-state index contributed by atoms with van der Waals surface area (Å²) in [4.78, 5) is 50.9. The fourth-order valence-electron chi connectivity index (χ4n) is 4.04. The zero-order valence-corrected chi connectivity index (χ0v) is 16.7. The number of ether oxygens (including phenoxy) is 1. The Hall–Kier alpha value is -3.75. The van der Waals surface area contributed by atoms with Crippen molar-refractivity contribution < 1.29 is 24.0 Å². The van der Waals surface area contributed by atoms with E-state index in [9.17, 15) is 24.5 Å². The molecule has 0 aliphatic carbocycles. The van der Waals surface area contributed by atoms with Crippen LogP contribution in [-0.2, 0) is 9.53 Å². The van der Waals surface area contributed by atoms with Gasteiger partial charge in [0.25, 0.3) is 17.5 Å². The first-order valence-electron chi connectivity index (χ1n) is 10.1. The summed E-state index contributed by atoms with van der Waals surface area (Å²) < 4.78 is 5.33. The molecular weight excluding hydrogens is 402 g/mol. The molecule has 0 atom stereocenters. The van der Waals surface area contributed by atoms with E-state index in [4.69, 9.17) is 4.74 Å². The van der Waals surface area contributed by atoms with Crippen LogP contribution >= 0.6 is 0 Å². The second kappa shape index (κ2) is 8.55. The van der Waals surface area contributed by atoms with Gasteiger partial charge in [-0.15, -0.1) is 0 Å². The zero-order valence-electron chi connectivity index (χ0n) is 16.7. The van der Waals surface area contributed by atoms with E-state index >= 15 is 0 Å². The van der Waals surface area contributed by atoms with Crippen molar-refractivity contribution in [3.05, 3.63) is 69.8 Å². The molecule has 2 aromatic carbocycles. The predicted octanol–water partition coefficient (Wildman–Crippen LogP) is 2.65. The highest BCUT2D eigenvalue weighted by Crippen LogP contribution is 2.31. The van der Waals surface area contributed by atoms with Crippen LogP contribution in [0.2, 0.25) is 0 Å². The third-order valence-electron chi connectivity index (χ3n) is 5.68. The number of rotatable bonds is 6. The van der Waals surface area contributed by atoms with Gasteiger partial charge in [0.15, 0.2) is 0 Å². The first-order valence-corrected chi connectivity index (χ1v) is 10.1. The van der Waals surface area contributed by atoms with Crippen molar-refractivity contribution in [3.8, 4) is 0 Å². The van der Waals surface area contributed by atoms with Crippen LogP contribution in [-0.4, -0.2) is 53.8 Å². The number of imide groups is 1. The van der Waals surface area contributed by atoms with Crippen LogP contribution in [0.25, 0.3) is 0 Å². The lowest BCUT2D eigenvalue weighted by atomic mass is 9.96. The van der Waals surface area contributed by atoms with Crippen LogP contribution < -0.4 is 4.90 Å². The van der Waals surface area contributed by atoms with E-state index in [0.717, 1.165) is 4.90 Å². The average molecular weight is 423 g/mol. The highest BCUT2D eigenvalue weighted by molar-refractivity contribution is 6.21. The number of amides is 2. The Kier molecular flexibility index (Phi) is 5.66. The topological polar surface area (TPSA) is 110 Å². The maximum Gasteiger partial charge on any atom is 0.309 e. The molecule has 2 aromatic rings. The van der Waals surface area contributed by atoms with Crippen molar-refractivity contribution in [1.82, 2.24) is 4.90 Å². The highest BCUT2D eigenvalue weighted by Gasteiger charge is 2.35. The Bertz CT molecular complexity index is 1010. The number of hydrogen-bond acceptors (Lipinski definition) is 7. The summed E-state index contributed by atoms with van der Waals surface area (Å²) in [6.07, 6.45) is 1.02. The molecule has 1 fully saturated rings. The molecule has 1 saturated heterocycles. The van der Waals surface area contributed by atoms with Crippen molar-refractivity contribution in [2.45, 2.75) is 12.8 Å². The number of nitrogens with zero attached hydrogens (tertiary/aromatic N) is 3. The number of carbonyl (C=O) groups is 3. The van der Waals surface area contributed by atoms with Gasteiger partial charge in [0.05, 0.1) is 28.5 Å². The standard InChI is InChI=1S/C22H21N3O6/c26-20-16-5-1-2-6-17(16)21(27)24(20)13-14-31-22(28)15-9-11-23(12-10-15)18-7-3-4-8-19(18)25(29)30/h1-8,15H,9-14H2. The highest BCUT2D eigenvalue weighted by atomic mass is 16.6. The van der Waals surface area contributed by atoms with Crippen LogP contribution in [0.15, 0.2) is 48.5 Å². The first-order chi connectivity index (χ1) is 15.0. The molecule has 0 saturated carbocycles. The summed E-state index contributed by atoms with van der Waals surface area (Å²) >= 11 is 0. The van der Waals surface area contributed by atoms with Gasteiger partial charge in [0, 0.05) is 19.2 Å². The van der Waals surface area contributed by atoms with Gasteiger partial charge in [-0.1, -0.05) is 24.3 Å². The van der Waals surface area contributed by atoms with Crippen LogP contribution in [0.4, 0.5) is 11.4 Å². The van der Waals surface area contributed by atoms with E-state index in [1.165, 1.54) is 6.07 Å². The Balaban J connectivity index is 1.27. The number of nitro benzene ring substituents is 1. The van der Waals surface area contributed by atoms with Crippen molar-refractivity contribution in [2.24, 2.45) is 5.92 Å². The number of carbonyl (C=O) groups excluding carboxylic acids is 3. The van der Waals surface area contributed by atoms with E-state index in [2.05, 4.69) is 0 Å². The number of esters is 1. The molecule has 0 spiro atoms. The van der Waals surface area contributed by atoms with E-state index in [0.29, 0.717) is 42.7 Å². The molecule has 9 nitrogen and oxygen atoms in total. The molecule has 4 rings (SSSR count). The van der Waals surface area contributed by atoms with Gasteiger partial charge in [0.1, 0.15) is 12.3 Å². The third-order valence-corrected chi connectivity index (χ3v) is 5.68. The van der Waals surface area contributed by atoms with Crippen LogP contribution in [0.5, 0.6) is 0 Å². The molecule has 0 radical (unpaired) electrons. The van der Waals surface area contributed by atoms with Gasteiger partial charge >= 0.3 is 5.97 Å². The van der Waals surface area contributed by atoms with Crippen molar-refractivity contribution in [1.29, 1.82) is 0 Å². The van der Waals surface area contributed by atoms with Gasteiger partial charge in [0.2, 0.25) is 0 Å². The van der Waals surface area contributed by atoms with Gasteiger partial charge in [-0.2, -0.15) is 0 Å². The fraction of sp³-hybridized carbons (Fsp3) is 0.318. The minimum Gasteiger partial charge on any atom is -0.464 e. The minimum atomic E-state index is -0.408. The summed E-state index contributed by atoms with van der Waals surface area (Å²) in [6.45, 7) is 0.952. The Morgan fingerprint density at radius 2 is 1.58 bits per heavy atom. The van der Waals surface area contributed by atoms with Crippen molar-refractivity contribution >= 4 is 29.2 Å². The van der Waals surface area contributed by atoms with Crippen molar-refractivity contribution in [3.63, 3.8) is 0 Å². The smallest absolute Gasteiger partial charge is 0.309 e. The normalized spacial score (nSPS) is 16.4. The summed E-state index contributed by atoms with van der Waals surface area (Å²) in [5.74, 6) is -1.45. The number of nitro groups is 1. The summed E-state index contributed by atoms with van der Waals surface area (Å²) in [5, 5.41) is 11.2. The van der Waals surface area contributed by atoms with E-state index in [-0.39, 0.29) is 42.5 Å². The molecule has 0 bridgehead atoms. The molecule has 0 N–H and O–H groups in total. The first kappa shape index (κ1) is 20.5. The number of para-hydroxylation sites is 2. The molecule has 9 heteroatoms. The fourth-order valence-corrected chi connectivity index (χ4v) is 4.04. The van der Waals surface area contributed by atoms with Crippen LogP contribution in [0, 0.1) is 16.0 Å². The van der Waals surface area contributed by atoms with Gasteiger partial charge in [-0.05, 0) is 31.0 Å². The molecule has 2 aliphatic heterocycles. The Morgan fingerprint density at radius 1 is 1.00 bits per heavy atom. The molecule has 31 heavy (non-hydrogen) atoms. The molecule has 2 aliphatic rings. The minimum absolute atomic E-state index is 0.00709. The Labute approximate surface area is 178 Å². The van der Waals surface area contributed by atoms with Gasteiger partial charge in [-0.25, -0.2) is 0 Å². The molecule has 2 heterocycles. The lowest BCUT2D eigenvalue weighted by Gasteiger charge is -2.32. The summed E-state index contributed by atoms with van der Waals surface area (Å²) in [7, 11) is 0. The second-order valence-corrected chi connectivity index (χ2v) is 7.48. The lowest BCUT2D eigenvalue weighted by molar-refractivity contribution is -0.384. The summed E-state index contributed by atoms with van der Waals surface area (Å²) in [5.41, 5.74) is 1.32. The van der Waals surface area contributed by atoms with Crippen LogP contribution in [0.3, 0.4) is 0 Å². The summed E-state index contributed by atoms with van der Waals surface area (Å²) in [6, 6.07) is 13.2. The Morgan fingerprint density at radius 3 is 2.19 bits per heavy atom. The predicted molar refractivity (Wildman–Crippen MR) is 111 cm³/mol. The van der Waals surface area contributed by atoms with Crippen molar-refractivity contribution in [2.75, 3.05) is 31.1 Å². The maximum atomic E-state index is 12.4. The SMILES string of the molecule is O=C(OCCN1C(=O)c2ccccc2C1=O)C1CCN(c2ccccc2[N+](=O)[O-])CC1. The quantitative estimate of drug-likeness (QED) is 0.304. The monoisotopic (exact) mass is 423 g/mol.